The number of hydrogen-bond acceptors (Lipinski definition) is 7. The molecule has 22 heavy (non-hydrogen) atoms. The van der Waals surface area contributed by atoms with E-state index in [-0.39, 0.29) is 59.2 Å². The van der Waals surface area contributed by atoms with E-state index in [1.165, 1.54) is 12.1 Å². The molecule has 1 rings (SSSR count). The Hall–Kier alpha value is -0.350. The normalized spacial score (nSPS) is 9.55. The molecule has 0 unspecified atom stereocenters. The average Bonchev–Trinajstić information content (AvgIpc) is 2.27. The zero-order valence-corrected chi connectivity index (χ0v) is 16.9. The van der Waals surface area contributed by atoms with Crippen molar-refractivity contribution in [2.45, 2.75) is 11.8 Å². The molecule has 122 valence electrons. The van der Waals surface area contributed by atoms with Crippen LogP contribution in [0.25, 0.3) is 0 Å². The summed E-state index contributed by atoms with van der Waals surface area (Å²) in [6.07, 6.45) is -0.889. The number of carbonyl (C=O) groups excluding carboxylic acids is 1. The molecule has 0 aliphatic heterocycles. The molecule has 0 heterocycles. The Labute approximate surface area is 159 Å². The van der Waals surface area contributed by atoms with Crippen molar-refractivity contribution in [3.8, 4) is 5.75 Å². The molecule has 0 radical (unpaired) electrons. The van der Waals surface area contributed by atoms with Crippen LogP contribution in [-0.4, -0.2) is 51.8 Å². The molecule has 0 aliphatic carbocycles. The van der Waals surface area contributed by atoms with Gasteiger partial charge in [-0.05, 0) is 52.3 Å². The number of carbonyl (C=O) groups is 1. The van der Waals surface area contributed by atoms with Gasteiger partial charge in [0.15, 0.2) is 0 Å². The van der Waals surface area contributed by atoms with Crippen LogP contribution in [0.2, 0.25) is 0 Å². The van der Waals surface area contributed by atoms with E-state index in [1.54, 1.807) is 6.92 Å². The van der Waals surface area contributed by atoms with Gasteiger partial charge in [0, 0.05) is 0 Å². The molecule has 0 saturated carbocycles. The van der Waals surface area contributed by atoms with Crippen molar-refractivity contribution in [1.82, 2.24) is 4.90 Å². The van der Waals surface area contributed by atoms with Crippen molar-refractivity contribution in [2.24, 2.45) is 0 Å². The van der Waals surface area contributed by atoms with Crippen LogP contribution in [-0.2, 0) is 14.9 Å². The number of benzene rings is 1. The first-order valence-corrected chi connectivity index (χ1v) is 7.09. The third-order valence-electron chi connectivity index (χ3n) is 1.58. The molecular weight excluding hydrogens is 345 g/mol. The minimum Gasteiger partial charge on any atom is -0.744 e. The summed E-state index contributed by atoms with van der Waals surface area (Å²) in [4.78, 5) is 12.5. The number of nitrogens with zero attached hydrogens (tertiary/aromatic N) is 1. The maximum absolute atomic E-state index is 10.9. The molecule has 1 aromatic carbocycles. The minimum absolute atomic E-state index is 0. The summed E-state index contributed by atoms with van der Waals surface area (Å²) in [7, 11) is 1.52. The van der Waals surface area contributed by atoms with Crippen LogP contribution in [0.15, 0.2) is 29.2 Å². The van der Waals surface area contributed by atoms with Crippen LogP contribution in [0.1, 0.15) is 6.92 Å². The van der Waals surface area contributed by atoms with Gasteiger partial charge in [-0.25, -0.2) is 13.2 Å². The summed E-state index contributed by atoms with van der Waals surface area (Å²) < 4.78 is 40.9. The van der Waals surface area contributed by atoms with E-state index in [1.807, 2.05) is 26.0 Å². The van der Waals surface area contributed by atoms with E-state index in [4.69, 9.17) is 0 Å². The van der Waals surface area contributed by atoms with Crippen LogP contribution in [0.3, 0.4) is 0 Å². The Bertz CT molecular complexity index is 518. The first-order valence-electron chi connectivity index (χ1n) is 5.68. The summed E-state index contributed by atoms with van der Waals surface area (Å²) in [5.41, 5.74) is 0. The summed E-state index contributed by atoms with van der Waals surface area (Å²) in [6, 6.07) is 4.50. The predicted molar refractivity (Wildman–Crippen MR) is 78.9 cm³/mol. The van der Waals surface area contributed by atoms with Crippen molar-refractivity contribution in [3.05, 3.63) is 24.3 Å². The maximum Gasteiger partial charge on any atom is 1.00 e. The molecule has 0 N–H and O–H groups in total. The Morgan fingerprint density at radius 1 is 1.18 bits per heavy atom. The number of rotatable bonds is 3. The molecule has 0 fully saturated rings. The Morgan fingerprint density at radius 2 is 1.59 bits per heavy atom. The molecule has 7 nitrogen and oxygen atoms in total. The van der Waals surface area contributed by atoms with Crippen LogP contribution < -0.4 is 34.3 Å². The Morgan fingerprint density at radius 3 is 1.91 bits per heavy atom. The van der Waals surface area contributed by atoms with Crippen molar-refractivity contribution < 1.29 is 56.8 Å². The van der Waals surface area contributed by atoms with Gasteiger partial charge in [0.2, 0.25) is 0 Å². The number of halogens is 1. The van der Waals surface area contributed by atoms with Crippen molar-refractivity contribution in [3.63, 3.8) is 0 Å². The van der Waals surface area contributed by atoms with Gasteiger partial charge >= 0.3 is 35.7 Å². The SMILES string of the molecule is CCOC(=O)Oc1ccc(S(=O)(=O)[O-])cc1.CN(C)C.Cl.[Na+]. The molecule has 0 atom stereocenters. The first kappa shape index (κ1) is 26.5. The van der Waals surface area contributed by atoms with Crippen molar-refractivity contribution >= 4 is 28.7 Å². The standard InChI is InChI=1S/C9H10O6S.C3H9N.ClH.Na/c1-2-14-9(10)15-7-3-5-8(6-4-7)16(11,12)13;1-4(2)3;;/h3-6H,2H2,1H3,(H,11,12,13);1-3H3;1H;/q;;;+1/p-1. The fourth-order valence-electron chi connectivity index (χ4n) is 0.918. The van der Waals surface area contributed by atoms with E-state index < -0.39 is 16.3 Å². The monoisotopic (exact) mass is 363 g/mol. The van der Waals surface area contributed by atoms with Crippen molar-refractivity contribution in [1.29, 1.82) is 0 Å². The van der Waals surface area contributed by atoms with Crippen LogP contribution >= 0.6 is 12.4 Å². The summed E-state index contributed by atoms with van der Waals surface area (Å²) >= 11 is 0. The summed E-state index contributed by atoms with van der Waals surface area (Å²) in [6.45, 7) is 1.79. The van der Waals surface area contributed by atoms with E-state index in [9.17, 15) is 17.8 Å². The number of ether oxygens (including phenoxy) is 2. The third-order valence-corrected chi connectivity index (χ3v) is 2.43. The smallest absolute Gasteiger partial charge is 0.744 e. The first-order chi connectivity index (χ1) is 9.16. The minimum atomic E-state index is -4.48. The maximum atomic E-state index is 10.9. The second-order valence-corrected chi connectivity index (χ2v) is 5.43. The molecule has 0 bridgehead atoms. The third kappa shape index (κ3) is 13.3. The average molecular weight is 364 g/mol. The van der Waals surface area contributed by atoms with E-state index in [0.717, 1.165) is 12.1 Å². The fraction of sp³-hybridized carbons (Fsp3) is 0.417. The fourth-order valence-corrected chi connectivity index (χ4v) is 1.39. The molecule has 0 aliphatic rings. The predicted octanol–water partition coefficient (Wildman–Crippen LogP) is -1.27. The van der Waals surface area contributed by atoms with Gasteiger partial charge in [-0.2, -0.15) is 0 Å². The molecule has 10 heteroatoms. The number of hydrogen-bond donors (Lipinski definition) is 0. The van der Waals surface area contributed by atoms with E-state index in [0.29, 0.717) is 0 Å². The zero-order chi connectivity index (χ0) is 15.8. The van der Waals surface area contributed by atoms with Gasteiger partial charge in [0.25, 0.3) is 0 Å². The Balaban J connectivity index is -0.000000538. The van der Waals surface area contributed by atoms with Crippen molar-refractivity contribution in [2.75, 3.05) is 27.7 Å². The van der Waals surface area contributed by atoms with Gasteiger partial charge in [0.1, 0.15) is 15.9 Å². The van der Waals surface area contributed by atoms with Crippen LogP contribution in [0.4, 0.5) is 4.79 Å². The quantitative estimate of drug-likeness (QED) is 0.286. The van der Waals surface area contributed by atoms with Crippen LogP contribution in [0.5, 0.6) is 5.75 Å². The molecule has 1 aromatic rings. The van der Waals surface area contributed by atoms with Gasteiger partial charge < -0.3 is 18.9 Å². The van der Waals surface area contributed by atoms with Gasteiger partial charge in [-0.15, -0.1) is 12.4 Å². The van der Waals surface area contributed by atoms with E-state index >= 15 is 0 Å². The molecule has 0 spiro atoms. The molecule has 0 aromatic heterocycles. The molecular formula is C12H19ClNNaO6S. The second-order valence-electron chi connectivity index (χ2n) is 4.05. The Kier molecular flexibility index (Phi) is 15.8. The van der Waals surface area contributed by atoms with Crippen LogP contribution in [0, 0.1) is 0 Å². The summed E-state index contributed by atoms with van der Waals surface area (Å²) in [5.74, 6) is 0.103. The molecule has 0 saturated heterocycles. The second kappa shape index (κ2) is 13.1. The summed E-state index contributed by atoms with van der Waals surface area (Å²) in [5, 5.41) is 0. The van der Waals surface area contributed by atoms with E-state index in [2.05, 4.69) is 9.47 Å². The van der Waals surface area contributed by atoms with Gasteiger partial charge in [-0.3, -0.25) is 0 Å². The topological polar surface area (TPSA) is 96.0 Å². The van der Waals surface area contributed by atoms with Gasteiger partial charge in [0.05, 0.1) is 11.5 Å². The largest absolute Gasteiger partial charge is 1.00 e. The molecule has 0 amide bonds. The van der Waals surface area contributed by atoms with Gasteiger partial charge in [-0.1, -0.05) is 0 Å². The zero-order valence-electron chi connectivity index (χ0n) is 13.2.